The number of aromatic nitrogens is 1. The molecule has 26 heavy (non-hydrogen) atoms. The Balaban J connectivity index is 1.65. The summed E-state index contributed by atoms with van der Waals surface area (Å²) < 4.78 is 10.8. The SMILES string of the molecule is CN=C(NCc1ncc(C)s1)N1CCC(c2cc(OC)cc(OC)c2)C1. The van der Waals surface area contributed by atoms with Gasteiger partial charge < -0.3 is 19.7 Å². The molecule has 3 rings (SSSR count). The zero-order valence-corrected chi connectivity index (χ0v) is 16.6. The highest BCUT2D eigenvalue weighted by Gasteiger charge is 2.27. The van der Waals surface area contributed by atoms with Gasteiger partial charge in [0.15, 0.2) is 5.96 Å². The highest BCUT2D eigenvalue weighted by Crippen LogP contribution is 2.32. The van der Waals surface area contributed by atoms with Gasteiger partial charge in [-0.25, -0.2) is 4.98 Å². The molecule has 1 N–H and O–H groups in total. The summed E-state index contributed by atoms with van der Waals surface area (Å²) in [5.41, 5.74) is 1.25. The number of thiazole rings is 1. The van der Waals surface area contributed by atoms with Gasteiger partial charge in [-0.05, 0) is 31.0 Å². The minimum absolute atomic E-state index is 0.430. The fraction of sp³-hybridized carbons (Fsp3) is 0.474. The summed E-state index contributed by atoms with van der Waals surface area (Å²) in [6.45, 7) is 4.68. The van der Waals surface area contributed by atoms with Crippen LogP contribution in [0.3, 0.4) is 0 Å². The number of benzene rings is 1. The minimum atomic E-state index is 0.430. The fourth-order valence-corrected chi connectivity index (χ4v) is 3.99. The molecule has 2 aromatic rings. The Labute approximate surface area is 158 Å². The fourth-order valence-electron chi connectivity index (χ4n) is 3.26. The Morgan fingerprint density at radius 1 is 1.31 bits per heavy atom. The van der Waals surface area contributed by atoms with Crippen molar-refractivity contribution in [1.29, 1.82) is 0 Å². The van der Waals surface area contributed by atoms with Crippen LogP contribution in [0.1, 0.15) is 27.8 Å². The summed E-state index contributed by atoms with van der Waals surface area (Å²) in [5, 5.41) is 4.51. The van der Waals surface area contributed by atoms with E-state index in [4.69, 9.17) is 9.47 Å². The lowest BCUT2D eigenvalue weighted by atomic mass is 9.98. The van der Waals surface area contributed by atoms with Gasteiger partial charge in [0.2, 0.25) is 0 Å². The molecule has 0 amide bonds. The van der Waals surface area contributed by atoms with Crippen LogP contribution in [-0.2, 0) is 6.54 Å². The molecule has 1 atom stereocenters. The maximum Gasteiger partial charge on any atom is 0.194 e. The number of rotatable bonds is 5. The normalized spacial score (nSPS) is 17.5. The third-order valence-electron chi connectivity index (χ3n) is 4.61. The lowest BCUT2D eigenvalue weighted by Crippen LogP contribution is -2.39. The molecule has 0 aliphatic carbocycles. The van der Waals surface area contributed by atoms with Crippen LogP contribution >= 0.6 is 11.3 Å². The van der Waals surface area contributed by atoms with Gasteiger partial charge in [0.05, 0.1) is 20.8 Å². The summed E-state index contributed by atoms with van der Waals surface area (Å²) in [5.74, 6) is 3.02. The van der Waals surface area contributed by atoms with Gasteiger partial charge in [-0.3, -0.25) is 4.99 Å². The van der Waals surface area contributed by atoms with E-state index in [1.807, 2.05) is 19.3 Å². The van der Waals surface area contributed by atoms with E-state index in [2.05, 4.69) is 39.2 Å². The van der Waals surface area contributed by atoms with Crippen LogP contribution in [0.5, 0.6) is 11.5 Å². The zero-order valence-electron chi connectivity index (χ0n) is 15.8. The van der Waals surface area contributed by atoms with E-state index < -0.39 is 0 Å². The Bertz CT molecular complexity index is 752. The van der Waals surface area contributed by atoms with Gasteiger partial charge in [0.25, 0.3) is 0 Å². The Hall–Kier alpha value is -2.28. The van der Waals surface area contributed by atoms with Crippen LogP contribution in [0.2, 0.25) is 0 Å². The molecule has 6 nitrogen and oxygen atoms in total. The van der Waals surface area contributed by atoms with Crippen LogP contribution in [-0.4, -0.2) is 50.2 Å². The number of guanidine groups is 1. The van der Waals surface area contributed by atoms with Crippen LogP contribution in [0.4, 0.5) is 0 Å². The van der Waals surface area contributed by atoms with Crippen LogP contribution in [0.15, 0.2) is 29.4 Å². The molecule has 0 saturated carbocycles. The van der Waals surface area contributed by atoms with Crippen LogP contribution < -0.4 is 14.8 Å². The van der Waals surface area contributed by atoms with Gasteiger partial charge >= 0.3 is 0 Å². The predicted octanol–water partition coefficient (Wildman–Crippen LogP) is 3.03. The van der Waals surface area contributed by atoms with Crippen molar-refractivity contribution in [2.75, 3.05) is 34.4 Å². The second kappa shape index (κ2) is 8.40. The van der Waals surface area contributed by atoms with E-state index in [0.717, 1.165) is 42.0 Å². The number of ether oxygens (including phenoxy) is 2. The van der Waals surface area contributed by atoms with Crippen molar-refractivity contribution >= 4 is 17.3 Å². The first kappa shape index (κ1) is 18.5. The standard InChI is InChI=1S/C19H26N4O2S/c1-13-10-21-18(26-13)11-22-19(20-2)23-6-5-14(12-23)15-7-16(24-3)9-17(8-15)25-4/h7-10,14H,5-6,11-12H2,1-4H3,(H,20,22). The number of nitrogens with one attached hydrogen (secondary N) is 1. The van der Waals surface area contributed by atoms with Gasteiger partial charge in [0.1, 0.15) is 16.5 Å². The van der Waals surface area contributed by atoms with Crippen molar-refractivity contribution in [3.8, 4) is 11.5 Å². The molecule has 0 bridgehead atoms. The molecular weight excluding hydrogens is 348 g/mol. The number of aliphatic imine (C=N–C) groups is 1. The molecule has 1 aromatic carbocycles. The maximum atomic E-state index is 5.41. The number of likely N-dealkylation sites (tertiary alicyclic amines) is 1. The van der Waals surface area contributed by atoms with Gasteiger partial charge in [-0.15, -0.1) is 11.3 Å². The zero-order chi connectivity index (χ0) is 18.5. The summed E-state index contributed by atoms with van der Waals surface area (Å²) in [7, 11) is 5.20. The smallest absolute Gasteiger partial charge is 0.194 e. The molecule has 1 saturated heterocycles. The molecule has 1 aromatic heterocycles. The average Bonchev–Trinajstić information content (AvgIpc) is 3.31. The molecule has 2 heterocycles. The van der Waals surface area contributed by atoms with E-state index in [-0.39, 0.29) is 0 Å². The van der Waals surface area contributed by atoms with Crippen molar-refractivity contribution in [3.05, 3.63) is 39.8 Å². The summed E-state index contributed by atoms with van der Waals surface area (Å²) in [4.78, 5) is 12.4. The topological polar surface area (TPSA) is 59.0 Å². The Morgan fingerprint density at radius 3 is 2.62 bits per heavy atom. The van der Waals surface area contributed by atoms with Crippen molar-refractivity contribution in [3.63, 3.8) is 0 Å². The molecule has 1 aliphatic rings. The van der Waals surface area contributed by atoms with Crippen LogP contribution in [0.25, 0.3) is 0 Å². The first-order chi connectivity index (χ1) is 12.6. The third kappa shape index (κ3) is 4.27. The maximum absolute atomic E-state index is 5.41. The Morgan fingerprint density at radius 2 is 2.04 bits per heavy atom. The molecule has 140 valence electrons. The largest absolute Gasteiger partial charge is 0.497 e. The van der Waals surface area contributed by atoms with Crippen LogP contribution in [0, 0.1) is 6.92 Å². The number of methoxy groups -OCH3 is 2. The highest BCUT2D eigenvalue weighted by atomic mass is 32.1. The second-order valence-corrected chi connectivity index (χ2v) is 7.66. The summed E-state index contributed by atoms with van der Waals surface area (Å²) in [6.07, 6.45) is 2.99. The first-order valence-corrected chi connectivity index (χ1v) is 9.54. The third-order valence-corrected chi connectivity index (χ3v) is 5.52. The quantitative estimate of drug-likeness (QED) is 0.644. The van der Waals surface area contributed by atoms with Gasteiger partial charge in [-0.2, -0.15) is 0 Å². The van der Waals surface area contributed by atoms with Gasteiger partial charge in [-0.1, -0.05) is 0 Å². The van der Waals surface area contributed by atoms with E-state index in [9.17, 15) is 0 Å². The summed E-state index contributed by atoms with van der Waals surface area (Å²) >= 11 is 1.71. The van der Waals surface area contributed by atoms with E-state index >= 15 is 0 Å². The minimum Gasteiger partial charge on any atom is -0.497 e. The second-order valence-electron chi connectivity index (χ2n) is 6.34. The lowest BCUT2D eigenvalue weighted by molar-refractivity contribution is 0.392. The van der Waals surface area contributed by atoms with E-state index in [0.29, 0.717) is 12.5 Å². The van der Waals surface area contributed by atoms with Crippen molar-refractivity contribution in [1.82, 2.24) is 15.2 Å². The molecule has 0 spiro atoms. The molecular formula is C19H26N4O2S. The first-order valence-electron chi connectivity index (χ1n) is 8.72. The monoisotopic (exact) mass is 374 g/mol. The lowest BCUT2D eigenvalue weighted by Gasteiger charge is -2.21. The highest BCUT2D eigenvalue weighted by molar-refractivity contribution is 7.11. The number of hydrogen-bond donors (Lipinski definition) is 1. The molecule has 1 fully saturated rings. The molecule has 7 heteroatoms. The van der Waals surface area contributed by atoms with E-state index in [1.54, 1.807) is 25.6 Å². The number of aryl methyl sites for hydroxylation is 1. The number of nitrogens with zero attached hydrogens (tertiary/aromatic N) is 3. The van der Waals surface area contributed by atoms with E-state index in [1.165, 1.54) is 10.4 Å². The van der Waals surface area contributed by atoms with Crippen molar-refractivity contribution in [2.24, 2.45) is 4.99 Å². The Kier molecular flexibility index (Phi) is 5.98. The molecule has 1 unspecified atom stereocenters. The number of hydrogen-bond acceptors (Lipinski definition) is 5. The predicted molar refractivity (Wildman–Crippen MR) is 106 cm³/mol. The summed E-state index contributed by atoms with van der Waals surface area (Å²) in [6, 6.07) is 6.11. The molecule has 0 radical (unpaired) electrons. The van der Waals surface area contributed by atoms with Gasteiger partial charge in [0, 0.05) is 43.2 Å². The van der Waals surface area contributed by atoms with Crippen molar-refractivity contribution in [2.45, 2.75) is 25.8 Å². The average molecular weight is 375 g/mol. The molecule has 1 aliphatic heterocycles. The van der Waals surface area contributed by atoms with Crippen molar-refractivity contribution < 1.29 is 9.47 Å².